The van der Waals surface area contributed by atoms with Gasteiger partial charge in [0.2, 0.25) is 0 Å². The number of carbonyl (C=O) groups is 3. The first-order valence-electron chi connectivity index (χ1n) is 23.1. The summed E-state index contributed by atoms with van der Waals surface area (Å²) in [7, 11) is 0. The molecule has 6 heteroatoms. The average molecular weight is 771 g/mol. The average Bonchev–Trinajstić information content (AvgIpc) is 3.18. The molecule has 1 atom stereocenters. The molecule has 0 aliphatic rings. The van der Waals surface area contributed by atoms with Crippen LogP contribution >= 0.6 is 0 Å². The molecule has 0 amide bonds. The van der Waals surface area contributed by atoms with E-state index in [1.165, 1.54) is 83.5 Å². The summed E-state index contributed by atoms with van der Waals surface area (Å²) in [6, 6.07) is 0. The van der Waals surface area contributed by atoms with Crippen molar-refractivity contribution in [1.82, 2.24) is 0 Å². The molecule has 0 aromatic rings. The van der Waals surface area contributed by atoms with Gasteiger partial charge in [-0.05, 0) is 77.0 Å². The highest BCUT2D eigenvalue weighted by molar-refractivity contribution is 5.71. The van der Waals surface area contributed by atoms with E-state index in [0.717, 1.165) is 103 Å². The molecular formula is C49H86O6. The van der Waals surface area contributed by atoms with E-state index in [4.69, 9.17) is 14.2 Å². The molecule has 0 heterocycles. The van der Waals surface area contributed by atoms with Crippen molar-refractivity contribution in [2.24, 2.45) is 0 Å². The Kier molecular flexibility index (Phi) is 42.0. The molecule has 0 bridgehead atoms. The monoisotopic (exact) mass is 771 g/mol. The van der Waals surface area contributed by atoms with Gasteiger partial charge in [-0.1, -0.05) is 179 Å². The van der Waals surface area contributed by atoms with Crippen molar-refractivity contribution in [2.75, 3.05) is 13.2 Å². The number of unbranched alkanes of at least 4 members (excludes halogenated alkanes) is 22. The summed E-state index contributed by atoms with van der Waals surface area (Å²) in [5, 5.41) is 0. The molecule has 0 N–H and O–H groups in total. The Morgan fingerprint density at radius 3 is 1.11 bits per heavy atom. The van der Waals surface area contributed by atoms with Crippen LogP contribution in [0.15, 0.2) is 48.6 Å². The molecule has 6 nitrogen and oxygen atoms in total. The topological polar surface area (TPSA) is 78.9 Å². The van der Waals surface area contributed by atoms with Crippen molar-refractivity contribution in [1.29, 1.82) is 0 Å². The zero-order chi connectivity index (χ0) is 40.1. The molecule has 0 saturated heterocycles. The van der Waals surface area contributed by atoms with E-state index in [9.17, 15) is 14.4 Å². The minimum absolute atomic E-state index is 0.0811. The van der Waals surface area contributed by atoms with E-state index in [-0.39, 0.29) is 31.1 Å². The third kappa shape index (κ3) is 42.4. The second-order valence-electron chi connectivity index (χ2n) is 15.3. The molecule has 0 aromatic carbocycles. The lowest BCUT2D eigenvalue weighted by Crippen LogP contribution is -2.30. The number of ether oxygens (including phenoxy) is 3. The Bertz CT molecular complexity index is 980. The summed E-state index contributed by atoms with van der Waals surface area (Å²) in [6.07, 6.45) is 51.2. The number of hydrogen-bond acceptors (Lipinski definition) is 6. The molecule has 0 aliphatic heterocycles. The number of hydrogen-bond donors (Lipinski definition) is 0. The maximum atomic E-state index is 12.7. The van der Waals surface area contributed by atoms with Crippen LogP contribution < -0.4 is 0 Å². The normalized spacial score (nSPS) is 12.4. The molecule has 318 valence electrons. The lowest BCUT2D eigenvalue weighted by atomic mass is 10.1. The first-order chi connectivity index (χ1) is 27.0. The second kappa shape index (κ2) is 44.1. The zero-order valence-corrected chi connectivity index (χ0v) is 36.2. The summed E-state index contributed by atoms with van der Waals surface area (Å²) in [6.45, 7) is 6.44. The molecule has 0 spiro atoms. The Labute approximate surface area is 339 Å². The summed E-state index contributed by atoms with van der Waals surface area (Å²) in [4.78, 5) is 37.5. The molecule has 0 aromatic heterocycles. The fourth-order valence-corrected chi connectivity index (χ4v) is 6.27. The first kappa shape index (κ1) is 52.4. The van der Waals surface area contributed by atoms with Gasteiger partial charge in [0.05, 0.1) is 0 Å². The van der Waals surface area contributed by atoms with Crippen LogP contribution in [0.25, 0.3) is 0 Å². The van der Waals surface area contributed by atoms with E-state index >= 15 is 0 Å². The van der Waals surface area contributed by atoms with Gasteiger partial charge >= 0.3 is 17.9 Å². The van der Waals surface area contributed by atoms with Crippen LogP contribution in [0.4, 0.5) is 0 Å². The van der Waals surface area contributed by atoms with Gasteiger partial charge in [0.15, 0.2) is 6.10 Å². The minimum Gasteiger partial charge on any atom is -0.462 e. The predicted octanol–water partition coefficient (Wildman–Crippen LogP) is 14.8. The van der Waals surface area contributed by atoms with Gasteiger partial charge in [0, 0.05) is 19.3 Å². The highest BCUT2D eigenvalue weighted by atomic mass is 16.6. The van der Waals surface area contributed by atoms with Crippen LogP contribution in [0, 0.1) is 0 Å². The highest BCUT2D eigenvalue weighted by Crippen LogP contribution is 2.14. The predicted molar refractivity (Wildman–Crippen MR) is 233 cm³/mol. The molecule has 0 aliphatic carbocycles. The summed E-state index contributed by atoms with van der Waals surface area (Å²) in [5.41, 5.74) is 0. The molecule has 0 radical (unpaired) electrons. The molecule has 55 heavy (non-hydrogen) atoms. The maximum Gasteiger partial charge on any atom is 0.306 e. The van der Waals surface area contributed by atoms with Gasteiger partial charge in [-0.3, -0.25) is 14.4 Å². The van der Waals surface area contributed by atoms with Gasteiger partial charge in [-0.2, -0.15) is 0 Å². The van der Waals surface area contributed by atoms with Crippen LogP contribution in [0.1, 0.15) is 226 Å². The van der Waals surface area contributed by atoms with E-state index in [2.05, 4.69) is 69.4 Å². The van der Waals surface area contributed by atoms with Crippen molar-refractivity contribution in [3.63, 3.8) is 0 Å². The van der Waals surface area contributed by atoms with Crippen molar-refractivity contribution < 1.29 is 28.6 Å². The van der Waals surface area contributed by atoms with Crippen LogP contribution in [0.5, 0.6) is 0 Å². The van der Waals surface area contributed by atoms with E-state index in [1.54, 1.807) is 0 Å². The minimum atomic E-state index is -0.776. The van der Waals surface area contributed by atoms with Crippen molar-refractivity contribution >= 4 is 17.9 Å². The fourth-order valence-electron chi connectivity index (χ4n) is 6.27. The van der Waals surface area contributed by atoms with Gasteiger partial charge in [0.1, 0.15) is 13.2 Å². The van der Waals surface area contributed by atoms with Crippen LogP contribution in [0.3, 0.4) is 0 Å². The Hall–Kier alpha value is -2.63. The zero-order valence-electron chi connectivity index (χ0n) is 36.2. The Morgan fingerprint density at radius 2 is 0.691 bits per heavy atom. The number of allylic oxidation sites excluding steroid dienone is 8. The second-order valence-corrected chi connectivity index (χ2v) is 15.3. The van der Waals surface area contributed by atoms with Crippen molar-refractivity contribution in [2.45, 2.75) is 232 Å². The quantitative estimate of drug-likeness (QED) is 0.0267. The van der Waals surface area contributed by atoms with E-state index in [0.29, 0.717) is 19.3 Å². The van der Waals surface area contributed by atoms with Gasteiger partial charge < -0.3 is 14.2 Å². The van der Waals surface area contributed by atoms with Crippen LogP contribution in [-0.2, 0) is 28.6 Å². The van der Waals surface area contributed by atoms with Crippen molar-refractivity contribution in [3.8, 4) is 0 Å². The van der Waals surface area contributed by atoms with Crippen LogP contribution in [0.2, 0.25) is 0 Å². The summed E-state index contributed by atoms with van der Waals surface area (Å²) < 4.78 is 16.6. The van der Waals surface area contributed by atoms with Gasteiger partial charge in [0.25, 0.3) is 0 Å². The van der Waals surface area contributed by atoms with Gasteiger partial charge in [-0.25, -0.2) is 0 Å². The molecule has 0 rings (SSSR count). The van der Waals surface area contributed by atoms with Crippen LogP contribution in [-0.4, -0.2) is 37.2 Å². The fraction of sp³-hybridized carbons (Fsp3) is 0.776. The third-order valence-electron chi connectivity index (χ3n) is 9.79. The van der Waals surface area contributed by atoms with Crippen molar-refractivity contribution in [3.05, 3.63) is 48.6 Å². The first-order valence-corrected chi connectivity index (χ1v) is 23.1. The van der Waals surface area contributed by atoms with E-state index < -0.39 is 6.10 Å². The smallest absolute Gasteiger partial charge is 0.306 e. The maximum absolute atomic E-state index is 12.7. The Morgan fingerprint density at radius 1 is 0.364 bits per heavy atom. The lowest BCUT2D eigenvalue weighted by molar-refractivity contribution is -0.167. The highest BCUT2D eigenvalue weighted by Gasteiger charge is 2.19. The standard InChI is InChI=1S/C49H86O6/c1-4-7-10-13-15-17-19-21-22-23-24-25-26-28-29-31-33-36-39-42-48(51)54-45-46(44-53-47(50)41-38-35-12-9-6-3)55-49(52)43-40-37-34-32-30-27-20-18-16-14-11-8-5-2/h11,14-15,17-18,20-22,46H,4-10,12-13,16,19,23-45H2,1-3H3/b14-11-,17-15-,20-18-,22-21-. The third-order valence-corrected chi connectivity index (χ3v) is 9.79. The lowest BCUT2D eigenvalue weighted by Gasteiger charge is -2.18. The van der Waals surface area contributed by atoms with Gasteiger partial charge in [-0.15, -0.1) is 0 Å². The molecular weight excluding hydrogens is 685 g/mol. The summed E-state index contributed by atoms with van der Waals surface area (Å²) in [5.74, 6) is -0.914. The number of rotatable bonds is 41. The van der Waals surface area contributed by atoms with E-state index in [1.807, 2.05) is 0 Å². The SMILES string of the molecule is CCC/C=C\C/C=C\CCCCCCCC(=O)OC(COC(=O)CCCCCCC)COC(=O)CCCCCCCCCCC/C=C\C/C=C\CCCCC. The Balaban J connectivity index is 4.20. The molecule has 0 fully saturated rings. The number of carbonyl (C=O) groups excluding carboxylic acids is 3. The molecule has 0 saturated carbocycles. The summed E-state index contributed by atoms with van der Waals surface area (Å²) >= 11 is 0. The molecule has 1 unspecified atom stereocenters. The number of esters is 3. The largest absolute Gasteiger partial charge is 0.462 e.